The molecule has 1 aliphatic heterocycles. The number of methoxy groups -OCH3 is 1. The van der Waals surface area contributed by atoms with Gasteiger partial charge < -0.3 is 14.7 Å². The molecular formula is C10H17NO4. The van der Waals surface area contributed by atoms with E-state index in [-0.39, 0.29) is 12.5 Å². The van der Waals surface area contributed by atoms with Gasteiger partial charge in [-0.2, -0.15) is 0 Å². The standard InChI is InChI=1S/C10H17NO4/c1-10(9(13)14)3-5-11(6-4-10)8(12)7-15-2/h3-7H2,1-2H3,(H,13,14). The molecule has 0 aromatic heterocycles. The fourth-order valence-electron chi connectivity index (χ4n) is 1.68. The van der Waals surface area contributed by atoms with Gasteiger partial charge in [0.15, 0.2) is 0 Å². The molecule has 1 fully saturated rings. The van der Waals surface area contributed by atoms with Gasteiger partial charge in [0.1, 0.15) is 6.61 Å². The summed E-state index contributed by atoms with van der Waals surface area (Å²) < 4.78 is 4.75. The summed E-state index contributed by atoms with van der Waals surface area (Å²) in [5.41, 5.74) is -0.677. The molecule has 86 valence electrons. The number of likely N-dealkylation sites (tertiary alicyclic amines) is 1. The molecule has 1 rings (SSSR count). The van der Waals surface area contributed by atoms with Crippen LogP contribution in [0.2, 0.25) is 0 Å². The quantitative estimate of drug-likeness (QED) is 0.737. The summed E-state index contributed by atoms with van der Waals surface area (Å²) in [5.74, 6) is -0.841. The highest BCUT2D eigenvalue weighted by atomic mass is 16.5. The Morgan fingerprint density at radius 3 is 2.33 bits per heavy atom. The molecule has 1 N–H and O–H groups in total. The minimum atomic E-state index is -0.777. The number of hydrogen-bond donors (Lipinski definition) is 1. The Morgan fingerprint density at radius 2 is 1.93 bits per heavy atom. The largest absolute Gasteiger partial charge is 0.481 e. The molecule has 5 heteroatoms. The Labute approximate surface area is 89.0 Å². The van der Waals surface area contributed by atoms with Gasteiger partial charge in [-0.05, 0) is 19.8 Å². The predicted octanol–water partition coefficient (Wildman–Crippen LogP) is 0.346. The smallest absolute Gasteiger partial charge is 0.309 e. The predicted molar refractivity (Wildman–Crippen MR) is 53.4 cm³/mol. The molecule has 1 heterocycles. The van der Waals surface area contributed by atoms with Gasteiger partial charge in [-0.15, -0.1) is 0 Å². The summed E-state index contributed by atoms with van der Waals surface area (Å²) in [6, 6.07) is 0. The van der Waals surface area contributed by atoms with E-state index in [0.29, 0.717) is 25.9 Å². The van der Waals surface area contributed by atoms with E-state index in [4.69, 9.17) is 9.84 Å². The molecule has 0 unspecified atom stereocenters. The van der Waals surface area contributed by atoms with Crippen LogP contribution in [-0.4, -0.2) is 48.7 Å². The van der Waals surface area contributed by atoms with Gasteiger partial charge in [0.2, 0.25) is 5.91 Å². The van der Waals surface area contributed by atoms with Crippen LogP contribution in [0.1, 0.15) is 19.8 Å². The Hall–Kier alpha value is -1.10. The minimum Gasteiger partial charge on any atom is -0.481 e. The van der Waals surface area contributed by atoms with Crippen LogP contribution in [0.15, 0.2) is 0 Å². The molecule has 1 saturated heterocycles. The zero-order valence-corrected chi connectivity index (χ0v) is 9.15. The number of ether oxygens (including phenoxy) is 1. The van der Waals surface area contributed by atoms with E-state index in [2.05, 4.69) is 0 Å². The number of rotatable bonds is 3. The van der Waals surface area contributed by atoms with Crippen molar-refractivity contribution < 1.29 is 19.4 Å². The van der Waals surface area contributed by atoms with Crippen molar-refractivity contribution in [2.24, 2.45) is 5.41 Å². The summed E-state index contributed by atoms with van der Waals surface area (Å²) in [7, 11) is 1.48. The van der Waals surface area contributed by atoms with E-state index in [1.165, 1.54) is 7.11 Å². The highest BCUT2D eigenvalue weighted by Gasteiger charge is 2.37. The second kappa shape index (κ2) is 4.61. The summed E-state index contributed by atoms with van der Waals surface area (Å²) in [5, 5.41) is 9.00. The number of carboxylic acids is 1. The van der Waals surface area contributed by atoms with Crippen LogP contribution in [0, 0.1) is 5.41 Å². The monoisotopic (exact) mass is 215 g/mol. The lowest BCUT2D eigenvalue weighted by Gasteiger charge is -2.36. The minimum absolute atomic E-state index is 0.0649. The van der Waals surface area contributed by atoms with Gasteiger partial charge in [0, 0.05) is 20.2 Å². The Bertz CT molecular complexity index is 256. The number of nitrogens with zero attached hydrogens (tertiary/aromatic N) is 1. The first-order chi connectivity index (χ1) is 6.99. The van der Waals surface area contributed by atoms with Gasteiger partial charge in [-0.25, -0.2) is 0 Å². The summed E-state index contributed by atoms with van der Waals surface area (Å²) >= 11 is 0. The molecule has 0 aromatic rings. The van der Waals surface area contributed by atoms with Gasteiger partial charge in [0.05, 0.1) is 5.41 Å². The first-order valence-electron chi connectivity index (χ1n) is 5.00. The van der Waals surface area contributed by atoms with Crippen LogP contribution in [-0.2, 0) is 14.3 Å². The average Bonchev–Trinajstić information content (AvgIpc) is 2.19. The number of aliphatic carboxylic acids is 1. The van der Waals surface area contributed by atoms with Gasteiger partial charge in [-0.3, -0.25) is 9.59 Å². The Kier molecular flexibility index (Phi) is 3.68. The molecule has 1 aliphatic rings. The zero-order valence-electron chi connectivity index (χ0n) is 9.15. The van der Waals surface area contributed by atoms with Crippen molar-refractivity contribution in [1.82, 2.24) is 4.90 Å². The van der Waals surface area contributed by atoms with E-state index >= 15 is 0 Å². The molecule has 15 heavy (non-hydrogen) atoms. The van der Waals surface area contributed by atoms with Crippen LogP contribution in [0.4, 0.5) is 0 Å². The van der Waals surface area contributed by atoms with Crippen molar-refractivity contribution >= 4 is 11.9 Å². The average molecular weight is 215 g/mol. The third-order valence-corrected chi connectivity index (χ3v) is 3.00. The fourth-order valence-corrected chi connectivity index (χ4v) is 1.68. The number of hydrogen-bond acceptors (Lipinski definition) is 3. The molecule has 0 radical (unpaired) electrons. The van der Waals surface area contributed by atoms with Crippen LogP contribution in [0.3, 0.4) is 0 Å². The number of carbonyl (C=O) groups excluding carboxylic acids is 1. The van der Waals surface area contributed by atoms with Crippen molar-refractivity contribution in [3.8, 4) is 0 Å². The Balaban J connectivity index is 2.49. The molecule has 1 amide bonds. The van der Waals surface area contributed by atoms with E-state index in [9.17, 15) is 9.59 Å². The summed E-state index contributed by atoms with van der Waals surface area (Å²) in [4.78, 5) is 24.0. The number of carboxylic acid groups (broad SMARTS) is 1. The number of piperidine rings is 1. The highest BCUT2D eigenvalue weighted by Crippen LogP contribution is 2.30. The van der Waals surface area contributed by atoms with E-state index in [1.54, 1.807) is 11.8 Å². The van der Waals surface area contributed by atoms with Crippen molar-refractivity contribution in [2.45, 2.75) is 19.8 Å². The lowest BCUT2D eigenvalue weighted by Crippen LogP contribution is -2.46. The van der Waals surface area contributed by atoms with Crippen LogP contribution < -0.4 is 0 Å². The van der Waals surface area contributed by atoms with E-state index < -0.39 is 11.4 Å². The van der Waals surface area contributed by atoms with Gasteiger partial charge in [0.25, 0.3) is 0 Å². The molecular weight excluding hydrogens is 198 g/mol. The molecule has 5 nitrogen and oxygen atoms in total. The lowest BCUT2D eigenvalue weighted by molar-refractivity contribution is -0.153. The van der Waals surface area contributed by atoms with E-state index in [0.717, 1.165) is 0 Å². The maximum absolute atomic E-state index is 11.4. The van der Waals surface area contributed by atoms with Crippen molar-refractivity contribution in [3.05, 3.63) is 0 Å². The van der Waals surface area contributed by atoms with Crippen molar-refractivity contribution in [3.63, 3.8) is 0 Å². The normalized spacial score (nSPS) is 20.0. The van der Waals surface area contributed by atoms with Crippen molar-refractivity contribution in [2.75, 3.05) is 26.8 Å². The molecule has 0 bridgehead atoms. The van der Waals surface area contributed by atoms with Gasteiger partial charge >= 0.3 is 5.97 Å². The Morgan fingerprint density at radius 1 is 1.40 bits per heavy atom. The molecule has 0 spiro atoms. The first-order valence-corrected chi connectivity index (χ1v) is 5.00. The zero-order chi connectivity index (χ0) is 11.5. The third-order valence-electron chi connectivity index (χ3n) is 3.00. The topological polar surface area (TPSA) is 66.8 Å². The van der Waals surface area contributed by atoms with Crippen molar-refractivity contribution in [1.29, 1.82) is 0 Å². The van der Waals surface area contributed by atoms with Crippen LogP contribution >= 0.6 is 0 Å². The molecule has 0 aliphatic carbocycles. The van der Waals surface area contributed by atoms with Gasteiger partial charge in [-0.1, -0.05) is 0 Å². The molecule has 0 saturated carbocycles. The first kappa shape index (κ1) is 12.0. The second-order valence-corrected chi connectivity index (χ2v) is 4.18. The number of carbonyl (C=O) groups is 2. The molecule has 0 aromatic carbocycles. The van der Waals surface area contributed by atoms with Crippen LogP contribution in [0.25, 0.3) is 0 Å². The SMILES string of the molecule is COCC(=O)N1CCC(C)(C(=O)O)CC1. The maximum Gasteiger partial charge on any atom is 0.309 e. The molecule has 0 atom stereocenters. The highest BCUT2D eigenvalue weighted by molar-refractivity contribution is 5.78. The summed E-state index contributed by atoms with van der Waals surface area (Å²) in [6.07, 6.45) is 1.02. The maximum atomic E-state index is 11.4. The summed E-state index contributed by atoms with van der Waals surface area (Å²) in [6.45, 7) is 2.81. The van der Waals surface area contributed by atoms with E-state index in [1.807, 2.05) is 0 Å². The second-order valence-electron chi connectivity index (χ2n) is 4.18. The third kappa shape index (κ3) is 2.68. The lowest BCUT2D eigenvalue weighted by atomic mass is 9.80. The fraction of sp³-hybridized carbons (Fsp3) is 0.800. The van der Waals surface area contributed by atoms with Crippen LogP contribution in [0.5, 0.6) is 0 Å². The number of amides is 1.